The number of benzene rings is 2. The number of nitrogens with zero attached hydrogens (tertiary/aromatic N) is 1. The van der Waals surface area contributed by atoms with Crippen molar-refractivity contribution < 1.29 is 18.4 Å². The minimum Gasteiger partial charge on any atom is -0.508 e. The Kier molecular flexibility index (Phi) is 3.81. The van der Waals surface area contributed by atoms with Gasteiger partial charge in [-0.3, -0.25) is 14.8 Å². The number of phenols is 1. The van der Waals surface area contributed by atoms with Gasteiger partial charge in [0.2, 0.25) is 0 Å². The first-order valence-electron chi connectivity index (χ1n) is 5.87. The van der Waals surface area contributed by atoms with Gasteiger partial charge in [0.1, 0.15) is 5.75 Å². The molecule has 2 rings (SSSR count). The van der Waals surface area contributed by atoms with E-state index in [0.717, 1.165) is 12.1 Å². The number of nitro benzene ring substituents is 1. The van der Waals surface area contributed by atoms with Gasteiger partial charge in [-0.2, -0.15) is 0 Å². The number of sulfonamides is 1. The van der Waals surface area contributed by atoms with Gasteiger partial charge >= 0.3 is 0 Å². The van der Waals surface area contributed by atoms with Crippen LogP contribution in [-0.2, 0) is 10.0 Å². The summed E-state index contributed by atoms with van der Waals surface area (Å²) in [5.74, 6) is 0.00106. The monoisotopic (exact) mass is 308 g/mol. The van der Waals surface area contributed by atoms with E-state index >= 15 is 0 Å². The largest absolute Gasteiger partial charge is 0.508 e. The molecule has 0 unspecified atom stereocenters. The first-order chi connectivity index (χ1) is 9.81. The molecule has 2 N–H and O–H groups in total. The van der Waals surface area contributed by atoms with Crippen molar-refractivity contribution in [2.45, 2.75) is 11.8 Å². The lowest BCUT2D eigenvalue weighted by atomic mass is 10.2. The zero-order valence-corrected chi connectivity index (χ0v) is 11.8. The maximum Gasteiger partial charge on any atom is 0.289 e. The fourth-order valence-corrected chi connectivity index (χ4v) is 3.10. The summed E-state index contributed by atoms with van der Waals surface area (Å²) in [5.41, 5.74) is 0.240. The Morgan fingerprint density at radius 1 is 1.19 bits per heavy atom. The van der Waals surface area contributed by atoms with Crippen LogP contribution in [0.5, 0.6) is 5.75 Å². The van der Waals surface area contributed by atoms with Gasteiger partial charge in [-0.15, -0.1) is 0 Å². The third-order valence-electron chi connectivity index (χ3n) is 2.81. The zero-order valence-electron chi connectivity index (χ0n) is 11.0. The van der Waals surface area contributed by atoms with Crippen molar-refractivity contribution in [3.63, 3.8) is 0 Å². The Hall–Kier alpha value is -2.61. The number of para-hydroxylation sites is 1. The van der Waals surface area contributed by atoms with Gasteiger partial charge in [-0.1, -0.05) is 12.1 Å². The van der Waals surface area contributed by atoms with Crippen molar-refractivity contribution in [3.8, 4) is 5.75 Å². The Morgan fingerprint density at radius 3 is 2.48 bits per heavy atom. The van der Waals surface area contributed by atoms with E-state index in [0.29, 0.717) is 5.56 Å². The molecule has 2 aromatic rings. The van der Waals surface area contributed by atoms with Crippen LogP contribution in [0.2, 0.25) is 0 Å². The fraction of sp³-hybridized carbons (Fsp3) is 0.0769. The predicted octanol–water partition coefficient (Wildman–Crippen LogP) is 2.41. The molecule has 110 valence electrons. The van der Waals surface area contributed by atoms with Crippen LogP contribution in [-0.4, -0.2) is 18.4 Å². The van der Waals surface area contributed by atoms with Crippen LogP contribution >= 0.6 is 0 Å². The Balaban J connectivity index is 2.46. The number of nitrogens with one attached hydrogen (secondary N) is 1. The van der Waals surface area contributed by atoms with Crippen LogP contribution in [0.3, 0.4) is 0 Å². The van der Waals surface area contributed by atoms with Crippen LogP contribution in [0.4, 0.5) is 11.4 Å². The molecule has 0 aromatic heterocycles. The first-order valence-corrected chi connectivity index (χ1v) is 7.35. The summed E-state index contributed by atoms with van der Waals surface area (Å²) >= 11 is 0. The Bertz CT molecular complexity index is 802. The van der Waals surface area contributed by atoms with E-state index in [1.165, 1.54) is 30.3 Å². The average Bonchev–Trinajstić information content (AvgIpc) is 2.42. The van der Waals surface area contributed by atoms with E-state index in [4.69, 9.17) is 0 Å². The van der Waals surface area contributed by atoms with E-state index in [9.17, 15) is 23.6 Å². The third kappa shape index (κ3) is 3.11. The molecular formula is C13H12N2O5S. The van der Waals surface area contributed by atoms with Crippen LogP contribution in [0.1, 0.15) is 5.56 Å². The Labute approximate surface area is 121 Å². The van der Waals surface area contributed by atoms with Crippen LogP contribution in [0, 0.1) is 17.0 Å². The average molecular weight is 308 g/mol. The molecule has 0 saturated carbocycles. The van der Waals surface area contributed by atoms with Crippen LogP contribution in [0.15, 0.2) is 47.4 Å². The van der Waals surface area contributed by atoms with Crippen LogP contribution < -0.4 is 4.72 Å². The molecule has 0 aliphatic heterocycles. The van der Waals surface area contributed by atoms with Gasteiger partial charge in [0, 0.05) is 6.07 Å². The maximum absolute atomic E-state index is 12.3. The van der Waals surface area contributed by atoms with Crippen molar-refractivity contribution in [1.82, 2.24) is 0 Å². The molecule has 8 heteroatoms. The lowest BCUT2D eigenvalue weighted by molar-refractivity contribution is -0.387. The van der Waals surface area contributed by atoms with Gasteiger partial charge in [-0.25, -0.2) is 8.42 Å². The van der Waals surface area contributed by atoms with E-state index < -0.39 is 25.5 Å². The Morgan fingerprint density at radius 2 is 1.86 bits per heavy atom. The molecule has 0 bridgehead atoms. The van der Waals surface area contributed by atoms with Crippen molar-refractivity contribution in [2.24, 2.45) is 0 Å². The topological polar surface area (TPSA) is 110 Å². The zero-order chi connectivity index (χ0) is 15.6. The molecule has 0 aliphatic carbocycles. The summed E-state index contributed by atoms with van der Waals surface area (Å²) in [7, 11) is -4.10. The maximum atomic E-state index is 12.3. The number of rotatable bonds is 4. The number of phenolic OH excluding ortho intramolecular Hbond substituents is 1. The molecular weight excluding hydrogens is 296 g/mol. The normalized spacial score (nSPS) is 11.1. The molecule has 0 aliphatic rings. The summed E-state index contributed by atoms with van der Waals surface area (Å²) in [6.07, 6.45) is 0. The highest BCUT2D eigenvalue weighted by atomic mass is 32.2. The van der Waals surface area contributed by atoms with Gasteiger partial charge < -0.3 is 5.11 Å². The molecule has 0 radical (unpaired) electrons. The molecule has 0 fully saturated rings. The van der Waals surface area contributed by atoms with Gasteiger partial charge in [0.15, 0.2) is 4.90 Å². The second-order valence-corrected chi connectivity index (χ2v) is 5.98. The van der Waals surface area contributed by atoms with E-state index in [1.54, 1.807) is 6.92 Å². The number of aromatic hydroxyl groups is 1. The third-order valence-corrected chi connectivity index (χ3v) is 4.22. The number of aryl methyl sites for hydroxylation is 1. The molecule has 21 heavy (non-hydrogen) atoms. The van der Waals surface area contributed by atoms with Crippen molar-refractivity contribution in [1.29, 1.82) is 0 Å². The predicted molar refractivity (Wildman–Crippen MR) is 76.7 cm³/mol. The number of hydrogen-bond donors (Lipinski definition) is 2. The van der Waals surface area contributed by atoms with Gasteiger partial charge in [0.05, 0.1) is 10.6 Å². The SMILES string of the molecule is Cc1cc(O)ccc1NS(=O)(=O)c1ccccc1[N+](=O)[O-]. The summed E-state index contributed by atoms with van der Waals surface area (Å²) in [6.45, 7) is 1.61. The highest BCUT2D eigenvalue weighted by molar-refractivity contribution is 7.92. The lowest BCUT2D eigenvalue weighted by Crippen LogP contribution is -2.15. The molecule has 2 aromatic carbocycles. The van der Waals surface area contributed by atoms with Crippen LogP contribution in [0.25, 0.3) is 0 Å². The summed E-state index contributed by atoms with van der Waals surface area (Å²) in [6, 6.07) is 9.18. The highest BCUT2D eigenvalue weighted by Crippen LogP contribution is 2.27. The standard InChI is InChI=1S/C13H12N2O5S/c1-9-8-10(16)6-7-11(9)14-21(19,20)13-5-3-2-4-12(13)15(17)18/h2-8,14,16H,1H3. The molecule has 7 nitrogen and oxygen atoms in total. The van der Waals surface area contributed by atoms with Crippen molar-refractivity contribution >= 4 is 21.4 Å². The smallest absolute Gasteiger partial charge is 0.289 e. The molecule has 0 heterocycles. The first kappa shape index (κ1) is 14.8. The minimum atomic E-state index is -4.10. The van der Waals surface area contributed by atoms with Crippen molar-refractivity contribution in [2.75, 3.05) is 4.72 Å². The van der Waals surface area contributed by atoms with Crippen molar-refractivity contribution in [3.05, 3.63) is 58.1 Å². The number of hydrogen-bond acceptors (Lipinski definition) is 5. The van der Waals surface area contributed by atoms with E-state index in [1.807, 2.05) is 0 Å². The summed E-state index contributed by atoms with van der Waals surface area (Å²) in [4.78, 5) is 9.75. The second-order valence-electron chi connectivity index (χ2n) is 4.33. The molecule has 0 amide bonds. The summed E-state index contributed by atoms with van der Waals surface area (Å²) in [5, 5.41) is 20.2. The fourth-order valence-electron chi connectivity index (χ4n) is 1.80. The molecule has 0 spiro atoms. The minimum absolute atomic E-state index is 0.00106. The molecule has 0 atom stereocenters. The second kappa shape index (κ2) is 5.41. The lowest BCUT2D eigenvalue weighted by Gasteiger charge is -2.11. The van der Waals surface area contributed by atoms with E-state index in [-0.39, 0.29) is 11.4 Å². The van der Waals surface area contributed by atoms with E-state index in [2.05, 4.69) is 4.72 Å². The number of anilines is 1. The number of nitro groups is 1. The van der Waals surface area contributed by atoms with Gasteiger partial charge in [-0.05, 0) is 36.8 Å². The highest BCUT2D eigenvalue weighted by Gasteiger charge is 2.25. The molecule has 0 saturated heterocycles. The summed E-state index contributed by atoms with van der Waals surface area (Å²) < 4.78 is 26.9. The quantitative estimate of drug-likeness (QED) is 0.512. The van der Waals surface area contributed by atoms with Gasteiger partial charge in [0.25, 0.3) is 15.7 Å².